The molecule has 1 aromatic rings. The second-order valence-corrected chi connectivity index (χ2v) is 7.29. The average molecular weight is 339 g/mol. The third-order valence-corrected chi connectivity index (χ3v) is 5.74. The molecule has 0 atom stereocenters. The van der Waals surface area contributed by atoms with Crippen LogP contribution in [0.2, 0.25) is 5.02 Å². The van der Waals surface area contributed by atoms with Gasteiger partial charge in [-0.15, -0.1) is 12.4 Å². The lowest BCUT2D eigenvalue weighted by Gasteiger charge is -2.28. The maximum atomic E-state index is 12.4. The smallest absolute Gasteiger partial charge is 0.242 e. The quantitative estimate of drug-likeness (QED) is 0.886. The first-order chi connectivity index (χ1) is 8.88. The van der Waals surface area contributed by atoms with Crippen LogP contribution >= 0.6 is 24.0 Å². The molecule has 1 saturated carbocycles. The van der Waals surface area contributed by atoms with Crippen LogP contribution in [0.3, 0.4) is 0 Å². The van der Waals surface area contributed by atoms with Crippen LogP contribution in [0.4, 0.5) is 0 Å². The Balaban J connectivity index is 0.00000200. The Morgan fingerprint density at radius 1 is 1.35 bits per heavy atom. The van der Waals surface area contributed by atoms with E-state index in [4.69, 9.17) is 17.3 Å². The summed E-state index contributed by atoms with van der Waals surface area (Å²) in [6, 6.07) is 4.93. The summed E-state index contributed by atoms with van der Waals surface area (Å²) in [5, 5.41) is 0.248. The van der Waals surface area contributed by atoms with Gasteiger partial charge in [-0.25, -0.2) is 13.1 Å². The number of nitrogens with one attached hydrogen (secondary N) is 1. The lowest BCUT2D eigenvalue weighted by atomic mass is 10.0. The van der Waals surface area contributed by atoms with E-state index in [9.17, 15) is 8.42 Å². The molecule has 2 rings (SSSR count). The highest BCUT2D eigenvalue weighted by atomic mass is 35.5. The van der Waals surface area contributed by atoms with Gasteiger partial charge >= 0.3 is 0 Å². The molecule has 1 fully saturated rings. The summed E-state index contributed by atoms with van der Waals surface area (Å²) in [6.07, 6.45) is 3.57. The molecule has 1 aliphatic carbocycles. The molecule has 114 valence electrons. The van der Waals surface area contributed by atoms with Crippen molar-refractivity contribution in [3.8, 4) is 0 Å². The molecule has 0 radical (unpaired) electrons. The third kappa shape index (κ3) is 3.65. The molecule has 0 spiro atoms. The van der Waals surface area contributed by atoms with Crippen LogP contribution in [0.25, 0.3) is 0 Å². The van der Waals surface area contributed by atoms with Crippen molar-refractivity contribution < 1.29 is 8.42 Å². The fourth-order valence-corrected chi connectivity index (χ4v) is 4.63. The molecule has 0 heterocycles. The molecule has 0 aromatic heterocycles. The standard InChI is InChI=1S/C13H19ClN2O2S.ClH/c1-10-4-5-12(11(14)8-10)19(17,18)16-13(9-15)6-2-3-7-13;/h4-5,8,16H,2-3,6-7,9,15H2,1H3;1H. The molecule has 0 unspecified atom stereocenters. The maximum absolute atomic E-state index is 12.4. The first-order valence-electron chi connectivity index (χ1n) is 6.39. The zero-order valence-electron chi connectivity index (χ0n) is 11.4. The fraction of sp³-hybridized carbons (Fsp3) is 0.538. The van der Waals surface area contributed by atoms with Crippen molar-refractivity contribution in [3.05, 3.63) is 28.8 Å². The highest BCUT2D eigenvalue weighted by molar-refractivity contribution is 7.89. The third-order valence-electron chi connectivity index (χ3n) is 3.68. The topological polar surface area (TPSA) is 72.2 Å². The minimum Gasteiger partial charge on any atom is -0.329 e. The van der Waals surface area contributed by atoms with E-state index < -0.39 is 15.6 Å². The summed E-state index contributed by atoms with van der Waals surface area (Å²) in [7, 11) is -3.62. The van der Waals surface area contributed by atoms with Crippen LogP contribution < -0.4 is 10.5 Å². The second-order valence-electron chi connectivity index (χ2n) is 5.23. The number of hydrogen-bond donors (Lipinski definition) is 2. The summed E-state index contributed by atoms with van der Waals surface area (Å²) < 4.78 is 27.6. The Kier molecular flexibility index (Phi) is 5.87. The van der Waals surface area contributed by atoms with Gasteiger partial charge in [-0.1, -0.05) is 30.5 Å². The van der Waals surface area contributed by atoms with Gasteiger partial charge in [0.15, 0.2) is 0 Å². The predicted molar refractivity (Wildman–Crippen MR) is 84.0 cm³/mol. The lowest BCUT2D eigenvalue weighted by Crippen LogP contribution is -2.51. The van der Waals surface area contributed by atoms with Crippen LogP contribution in [-0.2, 0) is 10.0 Å². The summed E-state index contributed by atoms with van der Waals surface area (Å²) >= 11 is 6.04. The van der Waals surface area contributed by atoms with E-state index in [1.54, 1.807) is 18.2 Å². The van der Waals surface area contributed by atoms with E-state index in [0.29, 0.717) is 6.54 Å². The Hall–Kier alpha value is -0.330. The SMILES string of the molecule is Cc1ccc(S(=O)(=O)NC2(CN)CCCC2)c(Cl)c1.Cl. The van der Waals surface area contributed by atoms with Crippen LogP contribution in [0.5, 0.6) is 0 Å². The van der Waals surface area contributed by atoms with Gasteiger partial charge in [0.25, 0.3) is 0 Å². The highest BCUT2D eigenvalue weighted by Crippen LogP contribution is 2.31. The first-order valence-corrected chi connectivity index (χ1v) is 8.25. The Labute approximate surface area is 131 Å². The van der Waals surface area contributed by atoms with E-state index in [-0.39, 0.29) is 22.3 Å². The second kappa shape index (κ2) is 6.62. The monoisotopic (exact) mass is 338 g/mol. The summed E-state index contributed by atoms with van der Waals surface area (Å²) in [5.74, 6) is 0. The zero-order chi connectivity index (χ0) is 14.1. The Morgan fingerprint density at radius 3 is 2.45 bits per heavy atom. The van der Waals surface area contributed by atoms with Crippen molar-refractivity contribution in [1.29, 1.82) is 0 Å². The number of aryl methyl sites for hydroxylation is 1. The summed E-state index contributed by atoms with van der Waals surface area (Å²) in [4.78, 5) is 0.125. The van der Waals surface area contributed by atoms with Crippen molar-refractivity contribution in [2.45, 2.75) is 43.0 Å². The number of nitrogens with two attached hydrogens (primary N) is 1. The van der Waals surface area contributed by atoms with E-state index in [1.807, 2.05) is 6.92 Å². The van der Waals surface area contributed by atoms with Crippen molar-refractivity contribution in [3.63, 3.8) is 0 Å². The van der Waals surface area contributed by atoms with Gasteiger partial charge in [0.05, 0.1) is 5.02 Å². The van der Waals surface area contributed by atoms with E-state index >= 15 is 0 Å². The molecule has 1 aromatic carbocycles. The molecule has 3 N–H and O–H groups in total. The summed E-state index contributed by atoms with van der Waals surface area (Å²) in [6.45, 7) is 2.18. The number of sulfonamides is 1. The molecule has 0 aliphatic heterocycles. The Bertz CT molecular complexity index is 570. The molecular formula is C13H20Cl2N2O2S. The minimum atomic E-state index is -3.62. The van der Waals surface area contributed by atoms with E-state index in [0.717, 1.165) is 31.2 Å². The minimum absolute atomic E-state index is 0. The summed E-state index contributed by atoms with van der Waals surface area (Å²) in [5.41, 5.74) is 6.18. The maximum Gasteiger partial charge on any atom is 0.242 e. The van der Waals surface area contributed by atoms with Crippen LogP contribution in [0.1, 0.15) is 31.2 Å². The number of benzene rings is 1. The predicted octanol–water partition coefficient (Wildman–Crippen LogP) is 2.62. The molecule has 1 aliphatic rings. The van der Waals surface area contributed by atoms with Gasteiger partial charge in [-0.3, -0.25) is 0 Å². The van der Waals surface area contributed by atoms with Crippen LogP contribution in [-0.4, -0.2) is 20.5 Å². The first kappa shape index (κ1) is 17.7. The van der Waals surface area contributed by atoms with Gasteiger partial charge in [0.1, 0.15) is 4.90 Å². The Morgan fingerprint density at radius 2 is 1.95 bits per heavy atom. The molecule has 7 heteroatoms. The molecule has 0 saturated heterocycles. The van der Waals surface area contributed by atoms with E-state index in [1.165, 1.54) is 0 Å². The fourth-order valence-electron chi connectivity index (χ4n) is 2.56. The normalized spacial score (nSPS) is 17.8. The molecule has 4 nitrogen and oxygen atoms in total. The van der Waals surface area contributed by atoms with Crippen LogP contribution in [0, 0.1) is 6.92 Å². The van der Waals surface area contributed by atoms with E-state index in [2.05, 4.69) is 4.72 Å². The number of hydrogen-bond acceptors (Lipinski definition) is 3. The highest BCUT2D eigenvalue weighted by Gasteiger charge is 2.37. The zero-order valence-corrected chi connectivity index (χ0v) is 13.7. The largest absolute Gasteiger partial charge is 0.329 e. The van der Waals surface area contributed by atoms with Gasteiger partial charge in [0.2, 0.25) is 10.0 Å². The number of rotatable bonds is 4. The average Bonchev–Trinajstić information content (AvgIpc) is 2.77. The van der Waals surface area contributed by atoms with Gasteiger partial charge < -0.3 is 5.73 Å². The lowest BCUT2D eigenvalue weighted by molar-refractivity contribution is 0.399. The van der Waals surface area contributed by atoms with Gasteiger partial charge in [0, 0.05) is 12.1 Å². The van der Waals surface area contributed by atoms with Crippen molar-refractivity contribution in [2.24, 2.45) is 5.73 Å². The number of halogens is 2. The molecule has 0 bridgehead atoms. The molecular weight excluding hydrogens is 319 g/mol. The van der Waals surface area contributed by atoms with Gasteiger partial charge in [-0.2, -0.15) is 0 Å². The molecule has 0 amide bonds. The van der Waals surface area contributed by atoms with Crippen molar-refractivity contribution in [2.75, 3.05) is 6.54 Å². The molecule has 20 heavy (non-hydrogen) atoms. The van der Waals surface area contributed by atoms with Gasteiger partial charge in [-0.05, 0) is 37.5 Å². The van der Waals surface area contributed by atoms with Crippen molar-refractivity contribution in [1.82, 2.24) is 4.72 Å². The van der Waals surface area contributed by atoms with Crippen LogP contribution in [0.15, 0.2) is 23.1 Å². The van der Waals surface area contributed by atoms with Crippen molar-refractivity contribution >= 4 is 34.0 Å².